The summed E-state index contributed by atoms with van der Waals surface area (Å²) in [7, 11) is 3.38. The number of amides is 3. The van der Waals surface area contributed by atoms with Gasteiger partial charge < -0.3 is 10.2 Å². The van der Waals surface area contributed by atoms with Crippen LogP contribution >= 0.6 is 34.4 Å². The zero-order valence-corrected chi connectivity index (χ0v) is 24.0. The van der Waals surface area contributed by atoms with Crippen LogP contribution in [-0.2, 0) is 16.1 Å². The highest BCUT2D eigenvalue weighted by Crippen LogP contribution is 2.37. The maximum Gasteiger partial charge on any atom is 0.260 e. The van der Waals surface area contributed by atoms with E-state index in [-0.39, 0.29) is 35.8 Å². The summed E-state index contributed by atoms with van der Waals surface area (Å²) in [6.45, 7) is 3.04. The standard InChI is InChI=1S/C30H29N3O3S3/c1-21(22-10-14-25(15-11-22)30(36)32-37)39-38-19-18-31-28(34)16-17-29(35)33-20-26-8-3-2-6-23(26)12-13-24-7-4-5-9-27(24)33/h2-11,14-15,21,37H,16-20H2,1H3,(H,31,34)(H,32,36). The monoisotopic (exact) mass is 575 g/mol. The van der Waals surface area contributed by atoms with Crippen molar-refractivity contribution in [1.29, 1.82) is 0 Å². The fourth-order valence-corrected chi connectivity index (χ4v) is 6.43. The van der Waals surface area contributed by atoms with E-state index >= 15 is 0 Å². The molecule has 1 aliphatic heterocycles. The number of anilines is 1. The molecule has 3 amide bonds. The Labute approximate surface area is 242 Å². The first-order chi connectivity index (χ1) is 19.0. The fourth-order valence-electron chi connectivity index (χ4n) is 4.06. The number of carbonyl (C=O) groups excluding carboxylic acids is 3. The largest absolute Gasteiger partial charge is 0.355 e. The summed E-state index contributed by atoms with van der Waals surface area (Å²) in [5.74, 6) is 6.67. The Kier molecular flexibility index (Phi) is 10.4. The Bertz CT molecular complexity index is 1400. The van der Waals surface area contributed by atoms with Crippen LogP contribution in [-0.4, -0.2) is 30.0 Å². The third kappa shape index (κ3) is 7.85. The highest BCUT2D eigenvalue weighted by molar-refractivity contribution is 8.76. The lowest BCUT2D eigenvalue weighted by Gasteiger charge is -2.26. The number of thiol groups is 1. The Balaban J connectivity index is 1.22. The highest BCUT2D eigenvalue weighted by Gasteiger charge is 2.21. The van der Waals surface area contributed by atoms with Gasteiger partial charge in [-0.2, -0.15) is 0 Å². The van der Waals surface area contributed by atoms with Gasteiger partial charge >= 0.3 is 0 Å². The molecule has 0 spiro atoms. The van der Waals surface area contributed by atoms with Crippen LogP contribution in [0.25, 0.3) is 0 Å². The number of benzene rings is 3. The molecular weight excluding hydrogens is 547 g/mol. The summed E-state index contributed by atoms with van der Waals surface area (Å²) in [4.78, 5) is 39.1. The van der Waals surface area contributed by atoms with Crippen molar-refractivity contribution in [2.45, 2.75) is 31.6 Å². The minimum atomic E-state index is -0.233. The van der Waals surface area contributed by atoms with Gasteiger partial charge in [-0.25, -0.2) is 0 Å². The van der Waals surface area contributed by atoms with Crippen LogP contribution in [0.1, 0.15) is 57.6 Å². The van der Waals surface area contributed by atoms with Crippen molar-refractivity contribution in [3.63, 3.8) is 0 Å². The van der Waals surface area contributed by atoms with Crippen molar-refractivity contribution in [2.75, 3.05) is 17.2 Å². The van der Waals surface area contributed by atoms with Gasteiger partial charge in [0.15, 0.2) is 0 Å². The van der Waals surface area contributed by atoms with E-state index in [1.165, 1.54) is 0 Å². The maximum absolute atomic E-state index is 13.3. The third-order valence-electron chi connectivity index (χ3n) is 6.20. The van der Waals surface area contributed by atoms with Gasteiger partial charge in [0.25, 0.3) is 5.91 Å². The molecular formula is C30H29N3O3S3. The molecule has 4 rings (SSSR count). The van der Waals surface area contributed by atoms with E-state index in [0.29, 0.717) is 18.7 Å². The molecule has 0 aliphatic carbocycles. The molecule has 0 saturated carbocycles. The Morgan fingerprint density at radius 1 is 0.949 bits per heavy atom. The molecule has 1 heterocycles. The summed E-state index contributed by atoms with van der Waals surface area (Å²) in [6.07, 6.45) is 0.251. The Morgan fingerprint density at radius 3 is 2.41 bits per heavy atom. The number of para-hydroxylation sites is 1. The zero-order valence-electron chi connectivity index (χ0n) is 21.5. The van der Waals surface area contributed by atoms with E-state index in [1.54, 1.807) is 38.6 Å². The van der Waals surface area contributed by atoms with E-state index < -0.39 is 0 Å². The number of nitrogens with one attached hydrogen (secondary N) is 2. The predicted octanol–water partition coefficient (Wildman–Crippen LogP) is 5.55. The van der Waals surface area contributed by atoms with Crippen LogP contribution in [0.2, 0.25) is 0 Å². The van der Waals surface area contributed by atoms with Gasteiger partial charge in [0.2, 0.25) is 11.8 Å². The van der Waals surface area contributed by atoms with Gasteiger partial charge in [0, 0.05) is 47.1 Å². The van der Waals surface area contributed by atoms with E-state index in [9.17, 15) is 14.4 Å². The first-order valence-corrected chi connectivity index (χ1v) is 15.4. The molecule has 1 atom stereocenters. The molecule has 0 aromatic heterocycles. The second kappa shape index (κ2) is 14.2. The molecule has 6 nitrogen and oxygen atoms in total. The SMILES string of the molecule is CC(SSCCNC(=O)CCC(=O)N1Cc2ccccc2C#Cc2ccccc21)c1ccc(C(=O)NS)cc1. The van der Waals surface area contributed by atoms with Crippen molar-refractivity contribution in [3.05, 3.63) is 101 Å². The van der Waals surface area contributed by atoms with Crippen LogP contribution in [0.3, 0.4) is 0 Å². The van der Waals surface area contributed by atoms with Gasteiger partial charge in [-0.1, -0.05) is 88.7 Å². The number of carbonyl (C=O) groups is 3. The van der Waals surface area contributed by atoms with E-state index in [2.05, 4.69) is 41.6 Å². The number of hydrogen-bond acceptors (Lipinski definition) is 6. The molecule has 0 saturated heterocycles. The predicted molar refractivity (Wildman–Crippen MR) is 164 cm³/mol. The van der Waals surface area contributed by atoms with Crippen LogP contribution in [0.4, 0.5) is 5.69 Å². The van der Waals surface area contributed by atoms with Crippen LogP contribution < -0.4 is 14.9 Å². The smallest absolute Gasteiger partial charge is 0.260 e. The summed E-state index contributed by atoms with van der Waals surface area (Å²) < 4.78 is 2.32. The molecule has 9 heteroatoms. The second-order valence-corrected chi connectivity index (χ2v) is 11.9. The average Bonchev–Trinajstić information content (AvgIpc) is 2.96. The molecule has 0 fully saturated rings. The Hall–Kier alpha value is -3.32. The van der Waals surface area contributed by atoms with Crippen molar-refractivity contribution in [2.24, 2.45) is 0 Å². The van der Waals surface area contributed by atoms with E-state index in [4.69, 9.17) is 0 Å². The first kappa shape index (κ1) is 28.7. The number of fused-ring (bicyclic) bond motifs is 2. The molecule has 2 N–H and O–H groups in total. The molecule has 200 valence electrons. The summed E-state index contributed by atoms with van der Waals surface area (Å²) in [5, 5.41) is 3.15. The highest BCUT2D eigenvalue weighted by atomic mass is 33.1. The van der Waals surface area contributed by atoms with Crippen LogP contribution in [0.5, 0.6) is 0 Å². The lowest BCUT2D eigenvalue weighted by molar-refractivity contribution is -0.125. The lowest BCUT2D eigenvalue weighted by atomic mass is 10.0. The first-order valence-electron chi connectivity index (χ1n) is 12.5. The summed E-state index contributed by atoms with van der Waals surface area (Å²) in [5.41, 5.74) is 5.14. The quantitative estimate of drug-likeness (QED) is 0.128. The number of hydrogen-bond donors (Lipinski definition) is 3. The average molecular weight is 576 g/mol. The molecule has 1 unspecified atom stereocenters. The Morgan fingerprint density at radius 2 is 1.64 bits per heavy atom. The molecule has 3 aromatic carbocycles. The maximum atomic E-state index is 13.3. The third-order valence-corrected chi connectivity index (χ3v) is 9.25. The van der Waals surface area contributed by atoms with Gasteiger partial charge in [-0.15, -0.1) is 0 Å². The van der Waals surface area contributed by atoms with E-state index in [1.807, 2.05) is 60.7 Å². The number of nitrogens with zero attached hydrogens (tertiary/aromatic N) is 1. The minimum absolute atomic E-state index is 0.104. The van der Waals surface area contributed by atoms with E-state index in [0.717, 1.165) is 33.7 Å². The fraction of sp³-hybridized carbons (Fsp3) is 0.233. The minimum Gasteiger partial charge on any atom is -0.355 e. The van der Waals surface area contributed by atoms with Crippen LogP contribution in [0.15, 0.2) is 72.8 Å². The summed E-state index contributed by atoms with van der Waals surface area (Å²) in [6, 6.07) is 22.9. The topological polar surface area (TPSA) is 78.5 Å². The summed E-state index contributed by atoms with van der Waals surface area (Å²) >= 11 is 3.79. The van der Waals surface area contributed by atoms with Gasteiger partial charge in [-0.3, -0.25) is 19.1 Å². The normalized spacial score (nSPS) is 12.5. The lowest BCUT2D eigenvalue weighted by Crippen LogP contribution is -2.33. The van der Waals surface area contributed by atoms with Crippen LogP contribution in [0, 0.1) is 11.8 Å². The van der Waals surface area contributed by atoms with Gasteiger partial charge in [0.05, 0.1) is 12.2 Å². The molecule has 1 aliphatic rings. The van der Waals surface area contributed by atoms with Crippen molar-refractivity contribution in [3.8, 4) is 11.8 Å². The molecule has 39 heavy (non-hydrogen) atoms. The molecule has 0 radical (unpaired) electrons. The number of rotatable bonds is 10. The van der Waals surface area contributed by atoms with Crippen molar-refractivity contribution < 1.29 is 14.4 Å². The van der Waals surface area contributed by atoms with Crippen molar-refractivity contribution in [1.82, 2.24) is 10.0 Å². The second-order valence-electron chi connectivity index (χ2n) is 8.88. The zero-order chi connectivity index (χ0) is 27.6. The molecule has 0 bridgehead atoms. The van der Waals surface area contributed by atoms with Gasteiger partial charge in [-0.05, 0) is 48.4 Å². The molecule has 3 aromatic rings. The van der Waals surface area contributed by atoms with Gasteiger partial charge in [0.1, 0.15) is 0 Å². The van der Waals surface area contributed by atoms with Crippen molar-refractivity contribution >= 4 is 57.8 Å².